The van der Waals surface area contributed by atoms with Crippen molar-refractivity contribution in [3.05, 3.63) is 71.2 Å². The maximum Gasteiger partial charge on any atom is -0.0283 e. The van der Waals surface area contributed by atoms with Gasteiger partial charge in [-0.3, -0.25) is 0 Å². The van der Waals surface area contributed by atoms with E-state index in [9.17, 15) is 0 Å². The molecule has 0 amide bonds. The van der Waals surface area contributed by atoms with E-state index >= 15 is 0 Å². The standard InChI is InChI=1S/C11H9N3/c1-8-9(2)13-14-11(12-8)10-6-4-3-5-7-10/h3-7H,1-2H2/q-2. The molecule has 0 aromatic heterocycles. The average molecular weight is 183 g/mol. The monoisotopic (exact) mass is 183 g/mol. The van der Waals surface area contributed by atoms with Crippen LogP contribution in [-0.2, 0) is 0 Å². The van der Waals surface area contributed by atoms with Crippen LogP contribution in [0.3, 0.4) is 0 Å². The average Bonchev–Trinajstić information content (AvgIpc) is 2.23. The van der Waals surface area contributed by atoms with Gasteiger partial charge in [0.25, 0.3) is 0 Å². The minimum Gasteiger partial charge on any atom is -0.691 e. The Kier molecular flexibility index (Phi) is 2.07. The fourth-order valence-corrected chi connectivity index (χ4v) is 1.09. The normalized spacial score (nSPS) is 15.6. The predicted octanol–water partition coefficient (Wildman–Crippen LogP) is 3.14. The molecule has 1 aromatic carbocycles. The van der Waals surface area contributed by atoms with Gasteiger partial charge in [-0.05, 0) is 5.56 Å². The summed E-state index contributed by atoms with van der Waals surface area (Å²) in [6.45, 7) is 7.39. The topological polar surface area (TPSA) is 40.6 Å². The largest absolute Gasteiger partial charge is 0.691 e. The summed E-state index contributed by atoms with van der Waals surface area (Å²) in [4.78, 5) is 0. The molecule has 1 aliphatic heterocycles. The van der Waals surface area contributed by atoms with Gasteiger partial charge in [-0.25, -0.2) is 0 Å². The summed E-state index contributed by atoms with van der Waals surface area (Å²) in [6, 6.07) is 9.66. The van der Waals surface area contributed by atoms with E-state index in [1.807, 2.05) is 30.3 Å². The van der Waals surface area contributed by atoms with Crippen LogP contribution in [0, 0.1) is 0 Å². The van der Waals surface area contributed by atoms with E-state index in [-0.39, 0.29) is 0 Å². The molecule has 0 fully saturated rings. The van der Waals surface area contributed by atoms with Gasteiger partial charge in [-0.1, -0.05) is 48.4 Å². The summed E-state index contributed by atoms with van der Waals surface area (Å²) >= 11 is 0. The van der Waals surface area contributed by atoms with Gasteiger partial charge in [0.1, 0.15) is 0 Å². The maximum absolute atomic E-state index is 4.20. The van der Waals surface area contributed by atoms with Crippen molar-refractivity contribution in [2.75, 3.05) is 0 Å². The Balaban J connectivity index is 2.30. The molecule has 1 aliphatic rings. The smallest absolute Gasteiger partial charge is 0.0283 e. The first-order chi connectivity index (χ1) is 6.77. The summed E-state index contributed by atoms with van der Waals surface area (Å²) in [7, 11) is 0. The molecular formula is C11H9N3-2. The van der Waals surface area contributed by atoms with Crippen LogP contribution < -0.4 is 0 Å². The molecule has 0 aliphatic carbocycles. The third-order valence-corrected chi connectivity index (χ3v) is 1.87. The highest BCUT2D eigenvalue weighted by Gasteiger charge is 1.95. The van der Waals surface area contributed by atoms with E-state index in [0.717, 1.165) is 5.56 Å². The highest BCUT2D eigenvalue weighted by Crippen LogP contribution is 2.27. The van der Waals surface area contributed by atoms with Gasteiger partial charge in [-0.15, -0.1) is 12.3 Å². The molecule has 0 unspecified atom stereocenters. The highest BCUT2D eigenvalue weighted by molar-refractivity contribution is 6.12. The van der Waals surface area contributed by atoms with E-state index in [1.54, 1.807) is 0 Å². The van der Waals surface area contributed by atoms with Gasteiger partial charge < -0.3 is 15.8 Å². The highest BCUT2D eigenvalue weighted by atomic mass is 15.4. The van der Waals surface area contributed by atoms with Crippen LogP contribution in [0.4, 0.5) is 0 Å². The van der Waals surface area contributed by atoms with Crippen LogP contribution in [0.1, 0.15) is 5.56 Å². The molecular weight excluding hydrogens is 174 g/mol. The van der Waals surface area contributed by atoms with Crippen molar-refractivity contribution in [1.29, 1.82) is 0 Å². The summed E-state index contributed by atoms with van der Waals surface area (Å²) < 4.78 is 0. The molecule has 0 atom stereocenters. The lowest BCUT2D eigenvalue weighted by Crippen LogP contribution is -2.05. The van der Waals surface area contributed by atoms with E-state index < -0.39 is 0 Å². The van der Waals surface area contributed by atoms with E-state index in [1.165, 1.54) is 0 Å². The predicted molar refractivity (Wildman–Crippen MR) is 58.0 cm³/mol. The van der Waals surface area contributed by atoms with Gasteiger partial charge in [0.05, 0.1) is 0 Å². The quantitative estimate of drug-likeness (QED) is 0.641. The number of amidine groups is 1. The molecule has 1 heterocycles. The third kappa shape index (κ3) is 1.52. The number of benzene rings is 1. The van der Waals surface area contributed by atoms with E-state index in [4.69, 9.17) is 0 Å². The maximum atomic E-state index is 4.20. The Labute approximate surface area is 82.8 Å². The zero-order valence-corrected chi connectivity index (χ0v) is 7.64. The van der Waals surface area contributed by atoms with Gasteiger partial charge in [0, 0.05) is 0 Å². The van der Waals surface area contributed by atoms with E-state index in [2.05, 4.69) is 29.0 Å². The number of rotatable bonds is 1. The fraction of sp³-hybridized carbons (Fsp3) is 0. The van der Waals surface area contributed by atoms with Gasteiger partial charge in [-0.2, -0.15) is 0 Å². The Morgan fingerprint density at radius 3 is 2.36 bits per heavy atom. The van der Waals surface area contributed by atoms with Crippen molar-refractivity contribution in [3.63, 3.8) is 0 Å². The van der Waals surface area contributed by atoms with Crippen molar-refractivity contribution in [2.45, 2.75) is 0 Å². The van der Waals surface area contributed by atoms with Crippen molar-refractivity contribution in [3.8, 4) is 0 Å². The molecule has 1 aromatic rings. The summed E-state index contributed by atoms with van der Waals surface area (Å²) in [5.74, 6) is 0.586. The van der Waals surface area contributed by atoms with Crippen LogP contribution in [0.15, 0.2) is 60.0 Å². The molecule has 0 saturated heterocycles. The van der Waals surface area contributed by atoms with Crippen LogP contribution in [0.25, 0.3) is 10.7 Å². The third-order valence-electron chi connectivity index (χ3n) is 1.87. The van der Waals surface area contributed by atoms with Crippen molar-refractivity contribution in [1.82, 2.24) is 0 Å². The SMILES string of the molecule is C=C1[N-]N=C(c2ccccc2)[N-]C1=C. The summed E-state index contributed by atoms with van der Waals surface area (Å²) in [5.41, 5.74) is 5.89. The lowest BCUT2D eigenvalue weighted by molar-refractivity contribution is 1.30. The molecule has 70 valence electrons. The first-order valence-electron chi connectivity index (χ1n) is 4.21. The summed E-state index contributed by atoms with van der Waals surface area (Å²) in [6.07, 6.45) is 0. The lowest BCUT2D eigenvalue weighted by atomic mass is 10.2. The Bertz CT molecular complexity index is 404. The molecule has 14 heavy (non-hydrogen) atoms. The molecule has 3 heteroatoms. The first-order valence-corrected chi connectivity index (χ1v) is 4.21. The van der Waals surface area contributed by atoms with E-state index in [0.29, 0.717) is 17.2 Å². The minimum atomic E-state index is 0.518. The second-order valence-corrected chi connectivity index (χ2v) is 2.89. The lowest BCUT2D eigenvalue weighted by Gasteiger charge is -2.41. The molecule has 2 rings (SSSR count). The first kappa shape index (κ1) is 8.56. The molecule has 0 bridgehead atoms. The van der Waals surface area contributed by atoms with Crippen molar-refractivity contribution < 1.29 is 0 Å². The second kappa shape index (κ2) is 3.38. The van der Waals surface area contributed by atoms with Gasteiger partial charge in [0.2, 0.25) is 0 Å². The number of nitrogens with zero attached hydrogens (tertiary/aromatic N) is 3. The Morgan fingerprint density at radius 2 is 1.71 bits per heavy atom. The Hall–Kier alpha value is -2.03. The van der Waals surface area contributed by atoms with Crippen LogP contribution in [0.5, 0.6) is 0 Å². The summed E-state index contributed by atoms with van der Waals surface area (Å²) in [5, 5.41) is 8.14. The molecule has 0 N–H and O–H groups in total. The van der Waals surface area contributed by atoms with Gasteiger partial charge >= 0.3 is 0 Å². The zero-order chi connectivity index (χ0) is 9.97. The van der Waals surface area contributed by atoms with Crippen molar-refractivity contribution >= 4 is 5.84 Å². The molecule has 3 nitrogen and oxygen atoms in total. The fourth-order valence-electron chi connectivity index (χ4n) is 1.09. The second-order valence-electron chi connectivity index (χ2n) is 2.89. The van der Waals surface area contributed by atoms with Crippen LogP contribution in [-0.4, -0.2) is 5.84 Å². The van der Waals surface area contributed by atoms with Crippen LogP contribution >= 0.6 is 0 Å². The van der Waals surface area contributed by atoms with Crippen molar-refractivity contribution in [2.24, 2.45) is 5.10 Å². The molecule has 0 spiro atoms. The molecule has 0 saturated carbocycles. The van der Waals surface area contributed by atoms with Gasteiger partial charge in [0.15, 0.2) is 0 Å². The number of hydrogen-bond acceptors (Lipinski definition) is 1. The number of hydrogen-bond donors (Lipinski definition) is 0. The Morgan fingerprint density at radius 1 is 1.00 bits per heavy atom. The zero-order valence-electron chi connectivity index (χ0n) is 7.64. The minimum absolute atomic E-state index is 0.518. The van der Waals surface area contributed by atoms with Crippen LogP contribution in [0.2, 0.25) is 0 Å². The molecule has 0 radical (unpaired) electrons.